The normalized spacial score (nSPS) is 19.7. The van der Waals surface area contributed by atoms with E-state index in [0.29, 0.717) is 19.6 Å². The molecule has 1 aromatic rings. The van der Waals surface area contributed by atoms with Crippen molar-refractivity contribution in [3.05, 3.63) is 29.8 Å². The summed E-state index contributed by atoms with van der Waals surface area (Å²) in [6.07, 6.45) is 2.56. The van der Waals surface area contributed by atoms with Crippen molar-refractivity contribution in [2.75, 3.05) is 20.3 Å². The summed E-state index contributed by atoms with van der Waals surface area (Å²) in [6, 6.07) is 6.84. The van der Waals surface area contributed by atoms with E-state index >= 15 is 0 Å². The third-order valence-electron chi connectivity index (χ3n) is 4.54. The van der Waals surface area contributed by atoms with Crippen molar-refractivity contribution in [2.45, 2.75) is 38.6 Å². The van der Waals surface area contributed by atoms with Gasteiger partial charge in [0.2, 0.25) is 5.91 Å². The number of benzene rings is 1. The van der Waals surface area contributed by atoms with Gasteiger partial charge in [-0.3, -0.25) is 4.79 Å². The van der Waals surface area contributed by atoms with E-state index in [1.165, 1.54) is 0 Å². The van der Waals surface area contributed by atoms with E-state index in [2.05, 4.69) is 5.32 Å². The van der Waals surface area contributed by atoms with Crippen LogP contribution in [0.4, 0.5) is 0 Å². The van der Waals surface area contributed by atoms with Crippen LogP contribution >= 0.6 is 0 Å². The van der Waals surface area contributed by atoms with Crippen molar-refractivity contribution in [1.29, 1.82) is 0 Å². The third kappa shape index (κ3) is 5.74. The van der Waals surface area contributed by atoms with E-state index in [1.807, 2.05) is 31.2 Å². The highest BCUT2D eigenvalue weighted by atomic mass is 16.5. The average Bonchev–Trinajstić information content (AvgIpc) is 2.60. The molecular weight excluding hydrogens is 322 g/mol. The number of ether oxygens (including phenoxy) is 2. The molecule has 0 aliphatic carbocycles. The van der Waals surface area contributed by atoms with E-state index < -0.39 is 12.0 Å². The number of carbonyl (C=O) groups excluding carboxylic acids is 1. The van der Waals surface area contributed by atoms with Gasteiger partial charge >= 0.3 is 5.97 Å². The van der Waals surface area contributed by atoms with Gasteiger partial charge in [0.25, 0.3) is 0 Å². The van der Waals surface area contributed by atoms with Crippen LogP contribution in [0.5, 0.6) is 5.75 Å². The maximum absolute atomic E-state index is 12.3. The minimum Gasteiger partial charge on any atom is -0.496 e. The van der Waals surface area contributed by atoms with Gasteiger partial charge in [0.05, 0.1) is 13.7 Å². The summed E-state index contributed by atoms with van der Waals surface area (Å²) >= 11 is 0. The van der Waals surface area contributed by atoms with Gasteiger partial charge in [-0.1, -0.05) is 25.1 Å². The first-order valence-corrected chi connectivity index (χ1v) is 8.73. The number of carbonyl (C=O) groups is 2. The molecular formula is C19H27NO5. The number of hydrogen-bond donors (Lipinski definition) is 2. The molecule has 6 heteroatoms. The smallest absolute Gasteiger partial charge is 0.326 e. The molecule has 1 aliphatic heterocycles. The van der Waals surface area contributed by atoms with Crippen molar-refractivity contribution in [2.24, 2.45) is 11.8 Å². The molecule has 2 N–H and O–H groups in total. The molecule has 6 nitrogen and oxygen atoms in total. The molecule has 0 radical (unpaired) electrons. The Morgan fingerprint density at radius 1 is 1.40 bits per heavy atom. The summed E-state index contributed by atoms with van der Waals surface area (Å²) in [5.41, 5.74) is 1.04. The molecule has 1 aromatic carbocycles. The van der Waals surface area contributed by atoms with E-state index in [0.717, 1.165) is 24.2 Å². The van der Waals surface area contributed by atoms with Crippen LogP contribution in [0.15, 0.2) is 24.3 Å². The Balaban J connectivity index is 1.90. The standard InChI is InChI=1S/C19H27NO5/c1-13(10-14-6-3-4-8-16(14)24-2)11-17(21)20-18(19(22)23)15-7-5-9-25-12-15/h3-4,6,8,13,15,18H,5,7,9-12H2,1-2H3,(H,20,21)(H,22,23). The van der Waals surface area contributed by atoms with Crippen molar-refractivity contribution in [3.63, 3.8) is 0 Å². The van der Waals surface area contributed by atoms with Crippen LogP contribution in [0.1, 0.15) is 31.7 Å². The number of para-hydroxylation sites is 1. The highest BCUT2D eigenvalue weighted by molar-refractivity contribution is 5.83. The monoisotopic (exact) mass is 349 g/mol. The second kappa shape index (κ2) is 9.42. The summed E-state index contributed by atoms with van der Waals surface area (Å²) in [4.78, 5) is 23.8. The molecule has 0 spiro atoms. The zero-order chi connectivity index (χ0) is 18.2. The number of carboxylic acid groups (broad SMARTS) is 1. The largest absolute Gasteiger partial charge is 0.496 e. The molecule has 1 fully saturated rings. The van der Waals surface area contributed by atoms with Crippen molar-refractivity contribution < 1.29 is 24.2 Å². The minimum absolute atomic E-state index is 0.0772. The zero-order valence-electron chi connectivity index (χ0n) is 14.9. The second-order valence-electron chi connectivity index (χ2n) is 6.69. The highest BCUT2D eigenvalue weighted by Crippen LogP contribution is 2.22. The molecule has 1 amide bonds. The molecule has 0 saturated carbocycles. The fourth-order valence-electron chi connectivity index (χ4n) is 3.28. The number of carboxylic acids is 1. The van der Waals surface area contributed by atoms with Gasteiger partial charge in [-0.25, -0.2) is 4.79 Å². The van der Waals surface area contributed by atoms with E-state index in [4.69, 9.17) is 9.47 Å². The van der Waals surface area contributed by atoms with Gasteiger partial charge < -0.3 is 19.9 Å². The predicted molar refractivity (Wildman–Crippen MR) is 93.6 cm³/mol. The van der Waals surface area contributed by atoms with E-state index in [9.17, 15) is 14.7 Å². The number of amides is 1. The summed E-state index contributed by atoms with van der Waals surface area (Å²) in [5.74, 6) is -0.521. The topological polar surface area (TPSA) is 84.9 Å². The van der Waals surface area contributed by atoms with Gasteiger partial charge in [-0.2, -0.15) is 0 Å². The van der Waals surface area contributed by atoms with Gasteiger partial charge in [-0.15, -0.1) is 0 Å². The summed E-state index contributed by atoms with van der Waals surface area (Å²) in [6.45, 7) is 3.02. The lowest BCUT2D eigenvalue weighted by Gasteiger charge is -2.28. The molecule has 0 aromatic heterocycles. The van der Waals surface area contributed by atoms with Crippen molar-refractivity contribution in [1.82, 2.24) is 5.32 Å². The lowest BCUT2D eigenvalue weighted by Crippen LogP contribution is -2.48. The third-order valence-corrected chi connectivity index (χ3v) is 4.54. The van der Waals surface area contributed by atoms with Crippen LogP contribution in [0.25, 0.3) is 0 Å². The van der Waals surface area contributed by atoms with Crippen LogP contribution in [-0.2, 0) is 20.7 Å². The van der Waals surface area contributed by atoms with Crippen molar-refractivity contribution >= 4 is 11.9 Å². The number of hydrogen-bond acceptors (Lipinski definition) is 4. The Hall–Kier alpha value is -2.08. The molecule has 0 bridgehead atoms. The number of rotatable bonds is 8. The average molecular weight is 349 g/mol. The van der Waals surface area contributed by atoms with Crippen LogP contribution in [0.3, 0.4) is 0 Å². The Kier molecular flexibility index (Phi) is 7.25. The number of methoxy groups -OCH3 is 1. The molecule has 1 saturated heterocycles. The van der Waals surface area contributed by atoms with Crippen LogP contribution < -0.4 is 10.1 Å². The Labute approximate surface area is 148 Å². The SMILES string of the molecule is COc1ccccc1CC(C)CC(=O)NC(C(=O)O)C1CCCOC1. The lowest BCUT2D eigenvalue weighted by atomic mass is 9.92. The molecule has 3 unspecified atom stereocenters. The number of nitrogens with one attached hydrogen (secondary N) is 1. The molecule has 138 valence electrons. The fraction of sp³-hybridized carbons (Fsp3) is 0.579. The quantitative estimate of drug-likeness (QED) is 0.752. The summed E-state index contributed by atoms with van der Waals surface area (Å²) in [5, 5.41) is 12.1. The van der Waals surface area contributed by atoms with E-state index in [-0.39, 0.29) is 24.2 Å². The van der Waals surface area contributed by atoms with Gasteiger partial charge in [0.15, 0.2) is 0 Å². The van der Waals surface area contributed by atoms with E-state index in [1.54, 1.807) is 7.11 Å². The maximum Gasteiger partial charge on any atom is 0.326 e. The first kappa shape index (κ1) is 19.2. The fourth-order valence-corrected chi connectivity index (χ4v) is 3.28. The molecule has 3 atom stereocenters. The molecule has 1 heterocycles. The zero-order valence-corrected chi connectivity index (χ0v) is 14.9. The van der Waals surface area contributed by atoms with Crippen LogP contribution in [-0.4, -0.2) is 43.3 Å². The lowest BCUT2D eigenvalue weighted by molar-refractivity contribution is -0.145. The maximum atomic E-state index is 12.3. The van der Waals surface area contributed by atoms with Crippen LogP contribution in [0, 0.1) is 11.8 Å². The summed E-state index contributed by atoms with van der Waals surface area (Å²) < 4.78 is 10.7. The Morgan fingerprint density at radius 2 is 2.16 bits per heavy atom. The van der Waals surface area contributed by atoms with Gasteiger partial charge in [-0.05, 0) is 36.8 Å². The minimum atomic E-state index is -0.999. The molecule has 25 heavy (non-hydrogen) atoms. The first-order valence-electron chi connectivity index (χ1n) is 8.73. The Bertz CT molecular complexity index is 583. The summed E-state index contributed by atoms with van der Waals surface area (Å²) in [7, 11) is 1.62. The predicted octanol–water partition coefficient (Wildman–Crippen LogP) is 2.26. The van der Waals surface area contributed by atoms with Crippen molar-refractivity contribution in [3.8, 4) is 5.75 Å². The second-order valence-corrected chi connectivity index (χ2v) is 6.69. The Morgan fingerprint density at radius 3 is 2.80 bits per heavy atom. The van der Waals surface area contributed by atoms with Crippen LogP contribution in [0.2, 0.25) is 0 Å². The number of aliphatic carboxylic acids is 1. The van der Waals surface area contributed by atoms with Gasteiger partial charge in [0.1, 0.15) is 11.8 Å². The first-order chi connectivity index (χ1) is 12.0. The molecule has 1 aliphatic rings. The highest BCUT2D eigenvalue weighted by Gasteiger charge is 2.31. The van der Waals surface area contributed by atoms with Gasteiger partial charge in [0, 0.05) is 18.9 Å². The molecule has 2 rings (SSSR count).